The Morgan fingerprint density at radius 2 is 2.35 bits per heavy atom. The summed E-state index contributed by atoms with van der Waals surface area (Å²) in [7, 11) is 0. The predicted molar refractivity (Wildman–Crippen MR) is 67.8 cm³/mol. The highest BCUT2D eigenvalue weighted by atomic mass is 16.6. The first-order valence-electron chi connectivity index (χ1n) is 6.13. The van der Waals surface area contributed by atoms with Crippen molar-refractivity contribution in [3.63, 3.8) is 0 Å². The fourth-order valence-electron chi connectivity index (χ4n) is 2.16. The number of hydrogen-bond acceptors (Lipinski definition) is 7. The van der Waals surface area contributed by atoms with Crippen molar-refractivity contribution in [2.45, 2.75) is 18.6 Å². The van der Waals surface area contributed by atoms with Gasteiger partial charge in [0.15, 0.2) is 0 Å². The summed E-state index contributed by atoms with van der Waals surface area (Å²) >= 11 is 0. The Hall–Kier alpha value is -2.32. The number of aliphatic hydroxyl groups excluding tert-OH is 1. The molecule has 104 valence electrons. The van der Waals surface area contributed by atoms with E-state index in [9.17, 15) is 15.2 Å². The van der Waals surface area contributed by atoms with Gasteiger partial charge >= 0.3 is 0 Å². The minimum absolute atomic E-state index is 0.0248. The Morgan fingerprint density at radius 3 is 3.05 bits per heavy atom. The maximum absolute atomic E-state index is 10.7. The van der Waals surface area contributed by atoms with Gasteiger partial charge in [-0.3, -0.25) is 10.1 Å². The van der Waals surface area contributed by atoms with Gasteiger partial charge in [-0.15, -0.1) is 0 Å². The fraction of sp³-hybridized carbons (Fsp3) is 0.333. The molecule has 0 spiro atoms. The second-order valence-corrected chi connectivity index (χ2v) is 4.61. The van der Waals surface area contributed by atoms with Crippen molar-refractivity contribution in [2.24, 2.45) is 0 Å². The molecule has 20 heavy (non-hydrogen) atoms. The molecule has 1 saturated heterocycles. The van der Waals surface area contributed by atoms with Crippen molar-refractivity contribution in [3.8, 4) is 11.4 Å². The van der Waals surface area contributed by atoms with Gasteiger partial charge in [0.25, 0.3) is 5.69 Å². The Morgan fingerprint density at radius 1 is 1.50 bits per heavy atom. The Bertz CT molecular complexity index is 642. The molecule has 1 aliphatic rings. The molecule has 3 rings (SSSR count). The number of aromatic nitrogens is 2. The van der Waals surface area contributed by atoms with Crippen LogP contribution in [0.2, 0.25) is 0 Å². The van der Waals surface area contributed by atoms with Crippen LogP contribution in [0.25, 0.3) is 11.4 Å². The van der Waals surface area contributed by atoms with Gasteiger partial charge in [0, 0.05) is 24.2 Å². The zero-order valence-electron chi connectivity index (χ0n) is 10.4. The van der Waals surface area contributed by atoms with E-state index in [-0.39, 0.29) is 11.7 Å². The molecular formula is C12H12N4O4. The van der Waals surface area contributed by atoms with Gasteiger partial charge in [0.2, 0.25) is 11.7 Å². The molecule has 2 heterocycles. The molecule has 0 radical (unpaired) electrons. The molecule has 0 unspecified atom stereocenters. The van der Waals surface area contributed by atoms with Crippen LogP contribution in [0.5, 0.6) is 0 Å². The van der Waals surface area contributed by atoms with Crippen LogP contribution >= 0.6 is 0 Å². The molecule has 2 aromatic rings. The van der Waals surface area contributed by atoms with E-state index >= 15 is 0 Å². The minimum atomic E-state index is -0.473. The van der Waals surface area contributed by atoms with E-state index in [0.29, 0.717) is 30.2 Å². The average molecular weight is 276 g/mol. The second kappa shape index (κ2) is 4.99. The lowest BCUT2D eigenvalue weighted by molar-refractivity contribution is -0.384. The third kappa shape index (κ3) is 2.38. The summed E-state index contributed by atoms with van der Waals surface area (Å²) in [5.41, 5.74) is 0.496. The lowest BCUT2D eigenvalue weighted by Crippen LogP contribution is -2.15. The Kier molecular flexibility index (Phi) is 3.17. The predicted octanol–water partition coefficient (Wildman–Crippen LogP) is 1.04. The summed E-state index contributed by atoms with van der Waals surface area (Å²) in [5, 5.41) is 27.1. The highest BCUT2D eigenvalue weighted by molar-refractivity contribution is 5.58. The molecule has 1 aromatic carbocycles. The van der Waals surface area contributed by atoms with E-state index in [4.69, 9.17) is 4.52 Å². The van der Waals surface area contributed by atoms with Crippen LogP contribution in [-0.4, -0.2) is 32.8 Å². The monoisotopic (exact) mass is 276 g/mol. The number of β-amino-alcohol motifs (C(OH)–C–C–N with tert-alkyl or cyclic N) is 1. The van der Waals surface area contributed by atoms with E-state index < -0.39 is 11.0 Å². The van der Waals surface area contributed by atoms with E-state index in [2.05, 4.69) is 15.5 Å². The van der Waals surface area contributed by atoms with Crippen molar-refractivity contribution in [1.29, 1.82) is 0 Å². The quantitative estimate of drug-likeness (QED) is 0.635. The zero-order chi connectivity index (χ0) is 14.1. The minimum Gasteiger partial charge on any atom is -0.392 e. The number of non-ortho nitro benzene ring substituents is 1. The standard InChI is InChI=1S/C12H12N4O4/c17-9-5-10(13-6-9)12-14-11(15-20-12)7-2-1-3-8(4-7)16(18)19/h1-4,9-10,13,17H,5-6H2/t9-,10+/m1/s1. The van der Waals surface area contributed by atoms with E-state index in [1.54, 1.807) is 12.1 Å². The second-order valence-electron chi connectivity index (χ2n) is 4.61. The number of nitrogens with zero attached hydrogens (tertiary/aromatic N) is 3. The largest absolute Gasteiger partial charge is 0.392 e. The number of nitrogens with one attached hydrogen (secondary N) is 1. The molecule has 1 fully saturated rings. The molecule has 2 atom stereocenters. The number of nitro benzene ring substituents is 1. The third-order valence-corrected chi connectivity index (χ3v) is 3.16. The molecule has 8 heteroatoms. The number of nitro groups is 1. The van der Waals surface area contributed by atoms with E-state index in [0.717, 1.165) is 0 Å². The van der Waals surface area contributed by atoms with Crippen molar-refractivity contribution < 1.29 is 14.6 Å². The van der Waals surface area contributed by atoms with Crippen LogP contribution in [0.3, 0.4) is 0 Å². The van der Waals surface area contributed by atoms with Crippen molar-refractivity contribution in [3.05, 3.63) is 40.3 Å². The number of benzene rings is 1. The van der Waals surface area contributed by atoms with Crippen LogP contribution in [0.1, 0.15) is 18.4 Å². The first-order chi connectivity index (χ1) is 9.63. The van der Waals surface area contributed by atoms with Gasteiger partial charge in [-0.1, -0.05) is 17.3 Å². The van der Waals surface area contributed by atoms with Crippen LogP contribution in [0.15, 0.2) is 28.8 Å². The maximum Gasteiger partial charge on any atom is 0.270 e. The lowest BCUT2D eigenvalue weighted by Gasteiger charge is -2.01. The maximum atomic E-state index is 10.7. The highest BCUT2D eigenvalue weighted by Gasteiger charge is 2.28. The first kappa shape index (κ1) is 12.7. The van der Waals surface area contributed by atoms with Crippen molar-refractivity contribution >= 4 is 5.69 Å². The molecule has 0 saturated carbocycles. The van der Waals surface area contributed by atoms with Crippen molar-refractivity contribution in [1.82, 2.24) is 15.5 Å². The summed E-state index contributed by atoms with van der Waals surface area (Å²) in [4.78, 5) is 14.5. The molecule has 2 N–H and O–H groups in total. The SMILES string of the molecule is O=[N+]([O-])c1cccc(-c2noc([C@@H]3C[C@@H](O)CN3)n2)c1. The van der Waals surface area contributed by atoms with Gasteiger partial charge in [-0.2, -0.15) is 4.98 Å². The molecule has 8 nitrogen and oxygen atoms in total. The van der Waals surface area contributed by atoms with Crippen molar-refractivity contribution in [2.75, 3.05) is 6.54 Å². The average Bonchev–Trinajstić information content (AvgIpc) is 3.07. The smallest absolute Gasteiger partial charge is 0.270 e. The van der Waals surface area contributed by atoms with Crippen LogP contribution < -0.4 is 5.32 Å². The molecule has 0 aliphatic carbocycles. The number of aliphatic hydroxyl groups is 1. The highest BCUT2D eigenvalue weighted by Crippen LogP contribution is 2.26. The summed E-state index contributed by atoms with van der Waals surface area (Å²) in [5.74, 6) is 0.676. The lowest BCUT2D eigenvalue weighted by atomic mass is 10.2. The fourth-order valence-corrected chi connectivity index (χ4v) is 2.16. The summed E-state index contributed by atoms with van der Waals surface area (Å²) in [6.07, 6.45) is 0.0875. The first-order valence-corrected chi connectivity index (χ1v) is 6.13. The number of hydrogen-bond donors (Lipinski definition) is 2. The summed E-state index contributed by atoms with van der Waals surface area (Å²) in [6.45, 7) is 0.485. The van der Waals surface area contributed by atoms with E-state index in [1.807, 2.05) is 0 Å². The molecular weight excluding hydrogens is 264 g/mol. The molecule has 0 bridgehead atoms. The Balaban J connectivity index is 1.86. The van der Waals surface area contributed by atoms with Gasteiger partial charge < -0.3 is 14.9 Å². The van der Waals surface area contributed by atoms with Crippen LogP contribution in [0.4, 0.5) is 5.69 Å². The van der Waals surface area contributed by atoms with E-state index in [1.165, 1.54) is 12.1 Å². The molecule has 1 aromatic heterocycles. The Labute approximate surface area is 113 Å². The molecule has 1 aliphatic heterocycles. The van der Waals surface area contributed by atoms with Gasteiger partial charge in [0.05, 0.1) is 17.1 Å². The summed E-state index contributed by atoms with van der Waals surface area (Å²) < 4.78 is 5.15. The van der Waals surface area contributed by atoms with Crippen LogP contribution in [-0.2, 0) is 0 Å². The van der Waals surface area contributed by atoms with Gasteiger partial charge in [0.1, 0.15) is 0 Å². The van der Waals surface area contributed by atoms with Gasteiger partial charge in [-0.05, 0) is 6.42 Å². The number of rotatable bonds is 3. The van der Waals surface area contributed by atoms with Gasteiger partial charge in [-0.25, -0.2) is 0 Å². The van der Waals surface area contributed by atoms with Crippen LogP contribution in [0, 0.1) is 10.1 Å². The summed E-state index contributed by atoms with van der Waals surface area (Å²) in [6, 6.07) is 5.87. The topological polar surface area (TPSA) is 114 Å². The third-order valence-electron chi connectivity index (χ3n) is 3.16. The normalized spacial score (nSPS) is 22.1. The molecule has 0 amide bonds. The zero-order valence-corrected chi connectivity index (χ0v) is 10.4.